The van der Waals surface area contributed by atoms with E-state index in [0.29, 0.717) is 0 Å². The van der Waals surface area contributed by atoms with E-state index in [4.69, 9.17) is 38.5 Å². The van der Waals surface area contributed by atoms with Gasteiger partial charge in [0.1, 0.15) is 0 Å². The smallest absolute Gasteiger partial charge is 0.418 e. The van der Waals surface area contributed by atoms with E-state index in [9.17, 15) is 17.3 Å². The summed E-state index contributed by atoms with van der Waals surface area (Å²) in [6, 6.07) is 0. The zero-order valence-corrected chi connectivity index (χ0v) is 12.6. The van der Waals surface area contributed by atoms with Gasteiger partial charge in [0.05, 0.1) is 5.34 Å². The summed E-state index contributed by atoms with van der Waals surface area (Å²) in [6.45, 7) is 4.47. The molecule has 0 atom stereocenters. The van der Waals surface area contributed by atoms with E-state index in [0.717, 1.165) is 19.8 Å². The van der Waals surface area contributed by atoms with Crippen LogP contribution in [0.25, 0.3) is 0 Å². The fourth-order valence-electron chi connectivity index (χ4n) is 0.158. The Hall–Kier alpha value is 0.265. The third-order valence-corrected chi connectivity index (χ3v) is 1.87. The van der Waals surface area contributed by atoms with Crippen molar-refractivity contribution in [3.05, 3.63) is 10.1 Å². The third kappa shape index (κ3) is 739. The SMILES string of the molecule is C[CH2][AgH][CH2]C.ClCCl.F[B-](F)(F)F.O.O=[N+]([O-])O. The third-order valence-electron chi connectivity index (χ3n) is 0.316. The number of halogens is 6. The van der Waals surface area contributed by atoms with Crippen LogP contribution in [-0.2, 0) is 19.8 Å². The zero-order chi connectivity index (χ0) is 14.9. The molecule has 0 aliphatic rings. The van der Waals surface area contributed by atoms with Crippen LogP contribution in [0.1, 0.15) is 13.8 Å². The molecule has 122 valence electrons. The van der Waals surface area contributed by atoms with Gasteiger partial charge in [-0.3, -0.25) is 0 Å². The van der Waals surface area contributed by atoms with Crippen LogP contribution in [0.3, 0.4) is 0 Å². The fourth-order valence-corrected chi connectivity index (χ4v) is 0.935. The van der Waals surface area contributed by atoms with Crippen molar-refractivity contribution in [2.24, 2.45) is 0 Å². The van der Waals surface area contributed by atoms with Gasteiger partial charge in [0, 0.05) is 0 Å². The van der Waals surface area contributed by atoms with Crippen LogP contribution in [0.4, 0.5) is 17.3 Å². The summed E-state index contributed by atoms with van der Waals surface area (Å²) in [5, 5.41) is 13.8. The fraction of sp³-hybridized carbons (Fsp3) is 1.00. The van der Waals surface area contributed by atoms with Crippen molar-refractivity contribution in [3.63, 3.8) is 0 Å². The van der Waals surface area contributed by atoms with Crippen molar-refractivity contribution in [1.29, 1.82) is 0 Å². The van der Waals surface area contributed by atoms with Crippen molar-refractivity contribution in [3.8, 4) is 0 Å². The number of nitrogens with zero attached hydrogens (tertiary/aromatic N) is 1. The molecule has 0 rings (SSSR count). The Bertz CT molecular complexity index is 148. The Morgan fingerprint density at radius 2 is 1.33 bits per heavy atom. The van der Waals surface area contributed by atoms with E-state index in [1.807, 2.05) is 0 Å². The Balaban J connectivity index is -0.0000000417. The molecule has 0 aromatic heterocycles. The summed E-state index contributed by atoms with van der Waals surface area (Å²) in [6.07, 6.45) is 0. The molecule has 0 bridgehead atoms. The molecular weight excluding hydrogens is 404 g/mol. The van der Waals surface area contributed by atoms with Gasteiger partial charge in [-0.15, -0.1) is 33.3 Å². The van der Waals surface area contributed by atoms with Crippen LogP contribution in [0, 0.1) is 10.1 Å². The minimum atomic E-state index is -6.00. The Kier molecular flexibility index (Phi) is 44.6. The molecule has 18 heavy (non-hydrogen) atoms. The molecule has 0 radical (unpaired) electrons. The molecule has 0 unspecified atom stereocenters. The van der Waals surface area contributed by atoms with Crippen LogP contribution in [-0.4, -0.2) is 28.4 Å². The van der Waals surface area contributed by atoms with Crippen LogP contribution in [0.15, 0.2) is 0 Å². The second-order valence-corrected chi connectivity index (χ2v) is 5.22. The minimum Gasteiger partial charge on any atom is -0.418 e. The first-order chi connectivity index (χ1) is 7.56. The van der Waals surface area contributed by atoms with Gasteiger partial charge in [0.25, 0.3) is 5.09 Å². The maximum absolute atomic E-state index is 9.75. The molecule has 0 aromatic carbocycles. The van der Waals surface area contributed by atoms with Gasteiger partial charge in [-0.05, 0) is 0 Å². The van der Waals surface area contributed by atoms with Gasteiger partial charge >= 0.3 is 50.1 Å². The van der Waals surface area contributed by atoms with E-state index in [1.54, 1.807) is 0 Å². The first-order valence-corrected chi connectivity index (χ1v) is 7.10. The van der Waals surface area contributed by atoms with E-state index in [-0.39, 0.29) is 10.8 Å². The number of alkyl halides is 2. The van der Waals surface area contributed by atoms with Crippen LogP contribution in [0.5, 0.6) is 0 Å². The van der Waals surface area contributed by atoms with Gasteiger partial charge in [-0.1, -0.05) is 0 Å². The predicted octanol–water partition coefficient (Wildman–Crippen LogP) is 3.23. The Morgan fingerprint density at radius 1 is 1.22 bits per heavy atom. The average Bonchev–Trinajstić information content (AvgIpc) is 2.02. The first-order valence-electron chi connectivity index (χ1n) is 3.83. The molecule has 0 aliphatic heterocycles. The number of hydrogen-bond acceptors (Lipinski definition) is 2. The minimum absolute atomic E-state index is 0. The Labute approximate surface area is 122 Å². The number of rotatable bonds is 2. The molecule has 0 saturated carbocycles. The molecule has 0 aliphatic carbocycles. The average molecular weight is 420 g/mol. The van der Waals surface area contributed by atoms with Crippen molar-refractivity contribution in [2.75, 3.05) is 5.34 Å². The molecule has 0 amide bonds. The van der Waals surface area contributed by atoms with Crippen molar-refractivity contribution in [1.82, 2.24) is 0 Å². The van der Waals surface area contributed by atoms with E-state index >= 15 is 0 Å². The molecule has 0 spiro atoms. The van der Waals surface area contributed by atoms with Crippen LogP contribution in [0.2, 0.25) is 9.28 Å². The standard InChI is InChI=1S/2C2H5.CH2Cl2.Ag.BF4.HNO3.H2O.H/c2*1-2;2-1-3;;2-1(3,4)5;2-1(3)4;;/h2*1H2,2H3;1H2;;;(H,2,3,4);1H2;/q;;;;-1;;;. The van der Waals surface area contributed by atoms with Crippen LogP contribution >= 0.6 is 23.2 Å². The monoisotopic (exact) mass is 418 g/mol. The summed E-state index contributed by atoms with van der Waals surface area (Å²) in [4.78, 5) is 8.36. The second kappa shape index (κ2) is 26.0. The van der Waals surface area contributed by atoms with Crippen molar-refractivity contribution < 1.29 is 52.8 Å². The van der Waals surface area contributed by atoms with Gasteiger partial charge in [-0.25, -0.2) is 0 Å². The zero-order valence-electron chi connectivity index (χ0n) is 9.49. The Morgan fingerprint density at radius 3 is 1.33 bits per heavy atom. The van der Waals surface area contributed by atoms with Gasteiger partial charge < -0.3 is 27.9 Å². The van der Waals surface area contributed by atoms with Gasteiger partial charge in [-0.2, -0.15) is 0 Å². The molecule has 13 heteroatoms. The molecule has 5 nitrogen and oxygen atoms in total. The molecule has 0 aromatic rings. The summed E-state index contributed by atoms with van der Waals surface area (Å²) >= 11 is 10.6. The quantitative estimate of drug-likeness (QED) is 0.245. The largest absolute Gasteiger partial charge is 0.673 e. The molecule has 0 fully saturated rings. The van der Waals surface area contributed by atoms with E-state index in [2.05, 4.69) is 13.8 Å². The van der Waals surface area contributed by atoms with E-state index in [1.165, 1.54) is 9.28 Å². The second-order valence-electron chi connectivity index (χ2n) is 1.44. The van der Waals surface area contributed by atoms with Crippen molar-refractivity contribution >= 4 is 30.5 Å². The summed E-state index contributed by atoms with van der Waals surface area (Å²) in [5.41, 5.74) is 0. The predicted molar refractivity (Wildman–Crippen MR) is 61.5 cm³/mol. The molecule has 0 saturated heterocycles. The van der Waals surface area contributed by atoms with Crippen LogP contribution < -0.4 is 0 Å². The topological polar surface area (TPSA) is 94.9 Å². The van der Waals surface area contributed by atoms with Gasteiger partial charge in [0.2, 0.25) is 0 Å². The summed E-state index contributed by atoms with van der Waals surface area (Å²) in [5.74, 6) is 0. The normalized spacial score (nSPS) is 8.22. The maximum Gasteiger partial charge on any atom is 0.673 e. The summed E-state index contributed by atoms with van der Waals surface area (Å²) in [7, 11) is -6.00. The molecule has 3 N–H and O–H groups in total. The summed E-state index contributed by atoms with van der Waals surface area (Å²) < 4.78 is 41.8. The molecular formula is C5H16AgBCl2F4NO4-. The molecule has 0 heterocycles. The van der Waals surface area contributed by atoms with Crippen molar-refractivity contribution in [2.45, 2.75) is 23.1 Å². The van der Waals surface area contributed by atoms with Gasteiger partial charge in [0.15, 0.2) is 0 Å². The maximum atomic E-state index is 9.75. The first kappa shape index (κ1) is 30.9. The number of hydrogen-bond donors (Lipinski definition) is 1. The van der Waals surface area contributed by atoms with E-state index < -0.39 is 12.3 Å².